The Morgan fingerprint density at radius 1 is 0.786 bits per heavy atom. The molecule has 8 heteroatoms. The first kappa shape index (κ1) is 19.9. The summed E-state index contributed by atoms with van der Waals surface area (Å²) >= 11 is 0. The highest BCUT2D eigenvalue weighted by Crippen LogP contribution is 2.28. The van der Waals surface area contributed by atoms with E-state index in [1.165, 1.54) is 12.1 Å². The van der Waals surface area contributed by atoms with Gasteiger partial charge in [-0.1, -0.05) is 48.0 Å². The van der Waals surface area contributed by atoms with Crippen molar-refractivity contribution in [2.75, 3.05) is 0 Å². The van der Waals surface area contributed by atoms with Gasteiger partial charge in [-0.05, 0) is 54.8 Å². The molecule has 3 aromatic carbocycles. The first-order chi connectivity index (χ1) is 13.1. The topological polar surface area (TPSA) is 105 Å². The molecule has 0 aliphatic rings. The summed E-state index contributed by atoms with van der Waals surface area (Å²) in [6, 6.07) is 14.6. The third kappa shape index (κ3) is 3.26. The summed E-state index contributed by atoms with van der Waals surface area (Å²) in [6.07, 6.45) is 0. The van der Waals surface area contributed by atoms with E-state index in [4.69, 9.17) is 0 Å². The van der Waals surface area contributed by atoms with Gasteiger partial charge >= 0.3 is 4.38 Å². The van der Waals surface area contributed by atoms with Gasteiger partial charge in [-0.2, -0.15) is 0 Å². The molecule has 0 unspecified atom stereocenters. The molecule has 0 bridgehead atoms. The molecular formula is C20H18N2O4S2. The molecule has 0 saturated carbocycles. The molecule has 0 atom stereocenters. The molecule has 0 amide bonds. The maximum Gasteiger partial charge on any atom is 0.504 e. The Balaban J connectivity index is 2.23. The van der Waals surface area contributed by atoms with Crippen LogP contribution in [0.3, 0.4) is 0 Å². The van der Waals surface area contributed by atoms with Crippen LogP contribution in [0, 0.1) is 20.8 Å². The predicted octanol–water partition coefficient (Wildman–Crippen LogP) is 3.60. The van der Waals surface area contributed by atoms with E-state index in [0.29, 0.717) is 16.5 Å². The maximum atomic E-state index is 13.1. The smallest absolute Gasteiger partial charge is 0.359 e. The molecule has 3 aromatic rings. The van der Waals surface area contributed by atoms with Crippen molar-refractivity contribution in [3.8, 4) is 0 Å². The number of sulfone groups is 2. The van der Waals surface area contributed by atoms with Crippen LogP contribution in [-0.2, 0) is 19.7 Å². The van der Waals surface area contributed by atoms with E-state index >= 15 is 0 Å². The van der Waals surface area contributed by atoms with Crippen molar-refractivity contribution in [2.24, 2.45) is 0 Å². The van der Waals surface area contributed by atoms with Crippen LogP contribution in [0.15, 0.2) is 64.4 Å². The van der Waals surface area contributed by atoms with Crippen molar-refractivity contribution in [1.29, 1.82) is 0 Å². The fourth-order valence-electron chi connectivity index (χ4n) is 3.37. The molecule has 3 rings (SSSR count). The number of aryl methyl sites for hydroxylation is 3. The van der Waals surface area contributed by atoms with E-state index in [-0.39, 0.29) is 9.79 Å². The summed E-state index contributed by atoms with van der Waals surface area (Å²) in [4.78, 5) is 2.28. The van der Waals surface area contributed by atoms with Crippen LogP contribution in [0.1, 0.15) is 16.7 Å². The van der Waals surface area contributed by atoms with Gasteiger partial charge in [0.05, 0.1) is 9.79 Å². The van der Waals surface area contributed by atoms with Crippen molar-refractivity contribution in [2.45, 2.75) is 30.6 Å². The Kier molecular flexibility index (Phi) is 4.97. The average Bonchev–Trinajstić information content (AvgIpc) is 2.60. The summed E-state index contributed by atoms with van der Waals surface area (Å²) in [5.74, 6) is 0. The van der Waals surface area contributed by atoms with Gasteiger partial charge in [-0.3, -0.25) is 0 Å². The minimum absolute atomic E-state index is 0.171. The van der Waals surface area contributed by atoms with E-state index in [9.17, 15) is 22.4 Å². The third-order valence-electron chi connectivity index (χ3n) is 4.45. The van der Waals surface area contributed by atoms with Gasteiger partial charge in [0.2, 0.25) is 0 Å². The van der Waals surface area contributed by atoms with E-state index in [1.54, 1.807) is 44.2 Å². The minimum Gasteiger partial charge on any atom is -0.359 e. The third-order valence-corrected chi connectivity index (χ3v) is 8.90. The molecule has 6 nitrogen and oxygen atoms in total. The summed E-state index contributed by atoms with van der Waals surface area (Å²) in [5.41, 5.74) is 11.0. The van der Waals surface area contributed by atoms with E-state index in [1.807, 2.05) is 19.1 Å². The van der Waals surface area contributed by atoms with Gasteiger partial charge < -0.3 is 5.53 Å². The fraction of sp³-hybridized carbons (Fsp3) is 0.150. The Hall–Kier alpha value is -2.80. The Bertz CT molecular complexity index is 1350. The number of rotatable bonds is 2. The van der Waals surface area contributed by atoms with Crippen molar-refractivity contribution in [1.82, 2.24) is 0 Å². The molecule has 0 N–H and O–H groups in total. The number of benzene rings is 3. The lowest BCUT2D eigenvalue weighted by Crippen LogP contribution is -2.27. The zero-order valence-electron chi connectivity index (χ0n) is 15.5. The number of nitrogens with zero attached hydrogens (tertiary/aromatic N) is 2. The molecule has 0 saturated heterocycles. The predicted molar refractivity (Wildman–Crippen MR) is 108 cm³/mol. The molecule has 0 spiro atoms. The zero-order chi connectivity index (χ0) is 20.7. The van der Waals surface area contributed by atoms with Gasteiger partial charge in [-0.25, -0.2) is 16.8 Å². The molecule has 0 fully saturated rings. The standard InChI is InChI=1S/C20H18N2O4S2/c1-13-10-14(2)19(15(3)11-13)28(25,26)20(22-21)27(23,24)18-9-8-16-6-4-5-7-17(16)12-18/h4-12H,1-3H3. The molecule has 28 heavy (non-hydrogen) atoms. The Morgan fingerprint density at radius 3 is 1.93 bits per heavy atom. The van der Waals surface area contributed by atoms with Crippen molar-refractivity contribution in [3.05, 3.63) is 76.8 Å². The second-order valence-corrected chi connectivity index (χ2v) is 10.5. The molecule has 0 radical (unpaired) electrons. The highest BCUT2D eigenvalue weighted by Gasteiger charge is 2.45. The van der Waals surface area contributed by atoms with E-state index in [2.05, 4.69) is 4.79 Å². The van der Waals surface area contributed by atoms with Gasteiger partial charge in [0, 0.05) is 0 Å². The molecule has 0 aliphatic carbocycles. The minimum atomic E-state index is -4.58. The van der Waals surface area contributed by atoms with Crippen LogP contribution in [0.2, 0.25) is 0 Å². The van der Waals surface area contributed by atoms with Crippen LogP contribution in [0.25, 0.3) is 16.3 Å². The van der Waals surface area contributed by atoms with Crippen LogP contribution >= 0.6 is 0 Å². The second-order valence-electron chi connectivity index (χ2n) is 6.61. The van der Waals surface area contributed by atoms with E-state index < -0.39 is 24.1 Å². The number of fused-ring (bicyclic) bond motifs is 1. The Morgan fingerprint density at radius 2 is 1.36 bits per heavy atom. The second kappa shape index (κ2) is 6.98. The summed E-state index contributed by atoms with van der Waals surface area (Å²) < 4.78 is 51.1. The van der Waals surface area contributed by atoms with Crippen molar-refractivity contribution < 1.29 is 21.6 Å². The number of hydrogen-bond donors (Lipinski definition) is 0. The molecule has 0 aromatic heterocycles. The first-order valence-electron chi connectivity index (χ1n) is 8.38. The van der Waals surface area contributed by atoms with Crippen molar-refractivity contribution in [3.63, 3.8) is 0 Å². The normalized spacial score (nSPS) is 12.0. The monoisotopic (exact) mass is 414 g/mol. The highest BCUT2D eigenvalue weighted by atomic mass is 32.3. The molecule has 0 aliphatic heterocycles. The van der Waals surface area contributed by atoms with Gasteiger partial charge in [-0.15, -0.1) is 4.79 Å². The van der Waals surface area contributed by atoms with Crippen LogP contribution in [0.5, 0.6) is 0 Å². The van der Waals surface area contributed by atoms with Gasteiger partial charge in [0.25, 0.3) is 19.7 Å². The lowest BCUT2D eigenvalue weighted by atomic mass is 10.1. The SMILES string of the molecule is Cc1cc(C)c(S(=O)(=O)C(=[N+]=[N-])S(=O)(=O)c2ccc3ccccc3c2)c(C)c1. The van der Waals surface area contributed by atoms with Gasteiger partial charge in [0.1, 0.15) is 0 Å². The van der Waals surface area contributed by atoms with Gasteiger partial charge in [0.15, 0.2) is 0 Å². The lowest BCUT2D eigenvalue weighted by molar-refractivity contribution is 0.00379. The summed E-state index contributed by atoms with van der Waals surface area (Å²) in [6.45, 7) is 4.96. The van der Waals surface area contributed by atoms with Crippen LogP contribution < -0.4 is 0 Å². The maximum absolute atomic E-state index is 13.1. The van der Waals surface area contributed by atoms with Crippen LogP contribution in [0.4, 0.5) is 0 Å². The first-order valence-corrected chi connectivity index (χ1v) is 11.3. The Labute approximate surface area is 163 Å². The lowest BCUT2D eigenvalue weighted by Gasteiger charge is -2.10. The summed E-state index contributed by atoms with van der Waals surface area (Å²) in [7, 11) is -9.16. The molecule has 144 valence electrons. The highest BCUT2D eigenvalue weighted by molar-refractivity contribution is 8.31. The van der Waals surface area contributed by atoms with Crippen LogP contribution in [-0.4, -0.2) is 26.0 Å². The summed E-state index contributed by atoms with van der Waals surface area (Å²) in [5, 5.41) is 1.43. The van der Waals surface area contributed by atoms with Crippen molar-refractivity contribution >= 4 is 34.8 Å². The quantitative estimate of drug-likeness (QED) is 0.276. The molecular weight excluding hydrogens is 396 g/mol. The zero-order valence-corrected chi connectivity index (χ0v) is 17.2. The average molecular weight is 415 g/mol. The number of hydrogen-bond acceptors (Lipinski definition) is 4. The molecule has 0 heterocycles. The fourth-order valence-corrected chi connectivity index (χ4v) is 7.15. The van der Waals surface area contributed by atoms with E-state index in [0.717, 1.165) is 10.9 Å². The largest absolute Gasteiger partial charge is 0.504 e.